The first-order chi connectivity index (χ1) is 10.8. The van der Waals surface area contributed by atoms with Gasteiger partial charge in [-0.1, -0.05) is 41.7 Å². The van der Waals surface area contributed by atoms with Gasteiger partial charge in [-0.3, -0.25) is 4.79 Å². The Kier molecular flexibility index (Phi) is 8.34. The Bertz CT molecular complexity index is 497. The van der Waals surface area contributed by atoms with Crippen molar-refractivity contribution in [2.45, 2.75) is 58.3 Å². The molecule has 1 rings (SSSR count). The largest absolute Gasteiger partial charge is 0.591 e. The minimum atomic E-state index is -1.21. The van der Waals surface area contributed by atoms with Crippen LogP contribution in [0.2, 0.25) is 0 Å². The zero-order chi connectivity index (χ0) is 17.3. The van der Waals surface area contributed by atoms with Crippen LogP contribution in [0.4, 0.5) is 0 Å². The molecule has 0 spiro atoms. The van der Waals surface area contributed by atoms with E-state index in [2.05, 4.69) is 4.40 Å². The fraction of sp³-hybridized carbons (Fsp3) is 0.556. The van der Waals surface area contributed by atoms with E-state index < -0.39 is 11.4 Å². The molecule has 1 aromatic rings. The number of carbonyl (C=O) groups is 1. The fourth-order valence-electron chi connectivity index (χ4n) is 1.78. The van der Waals surface area contributed by atoms with Gasteiger partial charge in [-0.05, 0) is 45.6 Å². The van der Waals surface area contributed by atoms with Crippen molar-refractivity contribution in [1.82, 2.24) is 0 Å². The standard InChI is InChI=1S/C18H27NO3S/c1-15(10-8-9-13-19-23(21)18(2,3)4)17(20)22-14-16-11-6-5-7-12-16/h5-7,11-13,15H,8-10,14H2,1-4H3/t15-,23?/m1/s1. The van der Waals surface area contributed by atoms with Gasteiger partial charge >= 0.3 is 5.97 Å². The van der Waals surface area contributed by atoms with E-state index in [-0.39, 0.29) is 16.6 Å². The lowest BCUT2D eigenvalue weighted by atomic mass is 10.0. The third-order valence-corrected chi connectivity index (χ3v) is 4.68. The van der Waals surface area contributed by atoms with Crippen LogP contribution >= 0.6 is 0 Å². The quantitative estimate of drug-likeness (QED) is 0.311. The number of nitrogens with zero attached hydrogens (tertiary/aromatic N) is 1. The maximum atomic E-state index is 11.9. The van der Waals surface area contributed by atoms with E-state index in [1.165, 1.54) is 0 Å². The van der Waals surface area contributed by atoms with Crippen LogP contribution in [-0.2, 0) is 27.5 Å². The summed E-state index contributed by atoms with van der Waals surface area (Å²) in [5.74, 6) is -0.315. The average Bonchev–Trinajstić information content (AvgIpc) is 2.51. The molecule has 0 saturated heterocycles. The molecule has 0 aromatic heterocycles. The Morgan fingerprint density at radius 1 is 1.35 bits per heavy atom. The molecule has 1 unspecified atom stereocenters. The molecule has 2 atom stereocenters. The molecular formula is C18H27NO3S. The van der Waals surface area contributed by atoms with Crippen LogP contribution in [0.3, 0.4) is 0 Å². The number of benzene rings is 1. The number of hydrogen-bond acceptors (Lipinski definition) is 4. The lowest BCUT2D eigenvalue weighted by Crippen LogP contribution is -2.25. The Morgan fingerprint density at radius 3 is 2.61 bits per heavy atom. The molecule has 0 aliphatic heterocycles. The van der Waals surface area contributed by atoms with E-state index in [0.717, 1.165) is 24.8 Å². The molecule has 0 N–H and O–H groups in total. The maximum absolute atomic E-state index is 11.9. The first-order valence-electron chi connectivity index (χ1n) is 7.96. The van der Waals surface area contributed by atoms with Crippen molar-refractivity contribution in [1.29, 1.82) is 0 Å². The highest BCUT2D eigenvalue weighted by atomic mass is 32.2. The van der Waals surface area contributed by atoms with Crippen molar-refractivity contribution in [3.63, 3.8) is 0 Å². The van der Waals surface area contributed by atoms with E-state index in [1.807, 2.05) is 58.0 Å². The molecule has 5 heteroatoms. The van der Waals surface area contributed by atoms with Gasteiger partial charge in [0.25, 0.3) is 0 Å². The number of unbranched alkanes of at least 4 members (excludes halogenated alkanes) is 1. The second-order valence-corrected chi connectivity index (χ2v) is 8.51. The number of esters is 1. The summed E-state index contributed by atoms with van der Waals surface area (Å²) in [6, 6.07) is 9.65. The summed E-state index contributed by atoms with van der Waals surface area (Å²) in [5, 5.41) is 0. The average molecular weight is 337 g/mol. The highest BCUT2D eigenvalue weighted by Gasteiger charge is 2.25. The summed E-state index contributed by atoms with van der Waals surface area (Å²) in [5.41, 5.74) is 0.991. The lowest BCUT2D eigenvalue weighted by molar-refractivity contribution is -0.149. The second-order valence-electron chi connectivity index (χ2n) is 6.57. The lowest BCUT2D eigenvalue weighted by Gasteiger charge is -2.17. The molecule has 0 radical (unpaired) electrons. The summed E-state index contributed by atoms with van der Waals surface area (Å²) in [7, 11) is 0. The van der Waals surface area contributed by atoms with E-state index in [4.69, 9.17) is 4.74 Å². The van der Waals surface area contributed by atoms with Crippen molar-refractivity contribution in [2.24, 2.45) is 10.3 Å². The van der Waals surface area contributed by atoms with E-state index in [9.17, 15) is 9.35 Å². The van der Waals surface area contributed by atoms with Crippen molar-refractivity contribution in [3.8, 4) is 0 Å². The smallest absolute Gasteiger partial charge is 0.308 e. The van der Waals surface area contributed by atoms with E-state index in [0.29, 0.717) is 6.61 Å². The molecule has 0 aliphatic rings. The summed E-state index contributed by atoms with van der Waals surface area (Å²) < 4.78 is 20.8. The summed E-state index contributed by atoms with van der Waals surface area (Å²) in [6.07, 6.45) is 3.98. The van der Waals surface area contributed by atoms with Gasteiger partial charge in [-0.15, -0.1) is 0 Å². The first-order valence-corrected chi connectivity index (χ1v) is 9.06. The highest BCUT2D eigenvalue weighted by molar-refractivity contribution is 7.91. The van der Waals surface area contributed by atoms with Crippen molar-refractivity contribution < 1.29 is 14.1 Å². The van der Waals surface area contributed by atoms with Gasteiger partial charge in [0.1, 0.15) is 22.7 Å². The molecule has 4 nitrogen and oxygen atoms in total. The van der Waals surface area contributed by atoms with Gasteiger partial charge in [-0.2, -0.15) is 0 Å². The van der Waals surface area contributed by atoms with Gasteiger partial charge in [0.15, 0.2) is 0 Å². The Labute approximate surface area is 142 Å². The van der Waals surface area contributed by atoms with Crippen LogP contribution in [0.25, 0.3) is 0 Å². The Hall–Kier alpha value is -1.33. The molecule has 128 valence electrons. The third-order valence-electron chi connectivity index (χ3n) is 3.29. The molecule has 1 aromatic carbocycles. The van der Waals surface area contributed by atoms with Gasteiger partial charge < -0.3 is 9.29 Å². The van der Waals surface area contributed by atoms with Crippen molar-refractivity contribution in [3.05, 3.63) is 35.9 Å². The molecule has 0 amide bonds. The van der Waals surface area contributed by atoms with Crippen molar-refractivity contribution in [2.75, 3.05) is 0 Å². The molecular weight excluding hydrogens is 310 g/mol. The molecule has 0 bridgehead atoms. The maximum Gasteiger partial charge on any atom is 0.308 e. The van der Waals surface area contributed by atoms with Gasteiger partial charge in [0.2, 0.25) is 0 Å². The molecule has 23 heavy (non-hydrogen) atoms. The third kappa shape index (κ3) is 8.18. The SMILES string of the molecule is C[C@H](CCCC=N[S+]([O-])C(C)(C)C)C(=O)OCc1ccccc1. The summed E-state index contributed by atoms with van der Waals surface area (Å²) >= 11 is -1.21. The van der Waals surface area contributed by atoms with Crippen molar-refractivity contribution >= 4 is 23.5 Å². The summed E-state index contributed by atoms with van der Waals surface area (Å²) in [4.78, 5) is 11.9. The molecule has 0 aliphatic carbocycles. The second kappa shape index (κ2) is 9.73. The zero-order valence-electron chi connectivity index (χ0n) is 14.5. The number of hydrogen-bond donors (Lipinski definition) is 0. The van der Waals surface area contributed by atoms with Crippen LogP contribution in [0, 0.1) is 5.92 Å². The molecule has 0 heterocycles. The molecule has 0 saturated carbocycles. The highest BCUT2D eigenvalue weighted by Crippen LogP contribution is 2.17. The predicted molar refractivity (Wildman–Crippen MR) is 95.6 cm³/mol. The summed E-state index contributed by atoms with van der Waals surface area (Å²) in [6.45, 7) is 7.87. The zero-order valence-corrected chi connectivity index (χ0v) is 15.3. The van der Waals surface area contributed by atoms with Gasteiger partial charge in [0, 0.05) is 0 Å². The van der Waals surface area contributed by atoms with E-state index >= 15 is 0 Å². The number of carbonyl (C=O) groups excluding carboxylic acids is 1. The van der Waals surface area contributed by atoms with Crippen LogP contribution in [0.1, 0.15) is 52.5 Å². The number of rotatable bonds is 8. The Morgan fingerprint density at radius 2 is 2.00 bits per heavy atom. The van der Waals surface area contributed by atoms with Crippen LogP contribution in [0.15, 0.2) is 34.7 Å². The monoisotopic (exact) mass is 337 g/mol. The Balaban J connectivity index is 2.22. The van der Waals surface area contributed by atoms with Crippen LogP contribution in [0.5, 0.6) is 0 Å². The minimum absolute atomic E-state index is 0.139. The first kappa shape index (κ1) is 19.7. The van der Waals surface area contributed by atoms with Crippen LogP contribution in [-0.4, -0.2) is 21.5 Å². The predicted octanol–water partition coefficient (Wildman–Crippen LogP) is 4.07. The van der Waals surface area contributed by atoms with Crippen LogP contribution < -0.4 is 0 Å². The molecule has 0 fully saturated rings. The van der Waals surface area contributed by atoms with Gasteiger partial charge in [-0.25, -0.2) is 0 Å². The number of ether oxygens (including phenoxy) is 1. The topological polar surface area (TPSA) is 61.7 Å². The van der Waals surface area contributed by atoms with E-state index in [1.54, 1.807) is 6.21 Å². The fourth-order valence-corrected chi connectivity index (χ4v) is 2.34. The normalized spacial score (nSPS) is 14.7. The minimum Gasteiger partial charge on any atom is -0.591 e. The van der Waals surface area contributed by atoms with Gasteiger partial charge in [0.05, 0.1) is 12.1 Å².